The van der Waals surface area contributed by atoms with E-state index in [0.29, 0.717) is 0 Å². The van der Waals surface area contributed by atoms with Crippen molar-refractivity contribution >= 4 is 34.3 Å². The minimum Gasteiger partial charge on any atom is -0.305 e. The van der Waals surface area contributed by atoms with E-state index in [1.54, 1.807) is 11.8 Å². The van der Waals surface area contributed by atoms with E-state index in [4.69, 9.17) is 16.6 Å². The van der Waals surface area contributed by atoms with Gasteiger partial charge in [0.15, 0.2) is 11.0 Å². The maximum Gasteiger partial charge on any atom is 0.191 e. The van der Waals surface area contributed by atoms with E-state index < -0.39 is 0 Å². The molecule has 0 saturated carbocycles. The molecular formula is C25H19ClN4S. The quantitative estimate of drug-likeness (QED) is 0.286. The molecule has 2 heterocycles. The van der Waals surface area contributed by atoms with Crippen LogP contribution in [-0.4, -0.2) is 19.7 Å². The second-order valence-corrected chi connectivity index (χ2v) is 8.60. The van der Waals surface area contributed by atoms with Crippen LogP contribution in [0, 0.1) is 0 Å². The average Bonchev–Trinajstić information content (AvgIpc) is 3.17. The topological polar surface area (TPSA) is 43.6 Å². The van der Waals surface area contributed by atoms with Crippen LogP contribution in [0.1, 0.15) is 5.56 Å². The Kier molecular flexibility index (Phi) is 5.45. The highest BCUT2D eigenvalue weighted by atomic mass is 35.5. The maximum absolute atomic E-state index is 6.11. The summed E-state index contributed by atoms with van der Waals surface area (Å²) < 4.78 is 2.05. The van der Waals surface area contributed by atoms with Gasteiger partial charge in [0.2, 0.25) is 0 Å². The van der Waals surface area contributed by atoms with Gasteiger partial charge in [0.05, 0.1) is 11.2 Å². The lowest BCUT2D eigenvalue weighted by Crippen LogP contribution is -1.97. The van der Waals surface area contributed by atoms with Gasteiger partial charge in [0, 0.05) is 34.3 Å². The Labute approximate surface area is 189 Å². The first-order chi connectivity index (χ1) is 15.2. The number of thioether (sulfide) groups is 1. The number of hydrogen-bond donors (Lipinski definition) is 0. The molecule has 0 unspecified atom stereocenters. The van der Waals surface area contributed by atoms with E-state index in [0.717, 1.165) is 55.0 Å². The largest absolute Gasteiger partial charge is 0.305 e. The van der Waals surface area contributed by atoms with Crippen molar-refractivity contribution in [2.24, 2.45) is 7.05 Å². The Morgan fingerprint density at radius 2 is 1.68 bits per heavy atom. The minimum absolute atomic E-state index is 0.744. The highest BCUT2D eigenvalue weighted by Crippen LogP contribution is 2.33. The van der Waals surface area contributed by atoms with Crippen molar-refractivity contribution in [1.82, 2.24) is 19.7 Å². The summed E-state index contributed by atoms with van der Waals surface area (Å²) in [5, 5.41) is 11.7. The molecule has 152 valence electrons. The molecule has 0 spiro atoms. The lowest BCUT2D eigenvalue weighted by Gasteiger charge is -2.10. The molecular weight excluding hydrogens is 424 g/mol. The van der Waals surface area contributed by atoms with Gasteiger partial charge in [-0.2, -0.15) is 0 Å². The van der Waals surface area contributed by atoms with Crippen LogP contribution in [-0.2, 0) is 12.8 Å². The molecule has 0 fully saturated rings. The molecule has 0 aliphatic carbocycles. The van der Waals surface area contributed by atoms with Crippen molar-refractivity contribution in [1.29, 1.82) is 0 Å². The molecule has 0 bridgehead atoms. The van der Waals surface area contributed by atoms with Crippen LogP contribution in [0.25, 0.3) is 33.5 Å². The Balaban J connectivity index is 1.55. The summed E-state index contributed by atoms with van der Waals surface area (Å²) in [6, 6.07) is 28.4. The standard InChI is InChI=1S/C25H19ClN4S/c1-30-24(28-29-25(30)31-16-17-8-7-11-19(26)14-17)21-15-23(18-9-3-2-4-10-18)27-22-13-6-5-12-20(21)22/h2-15H,16H2,1H3. The van der Waals surface area contributed by atoms with E-state index >= 15 is 0 Å². The van der Waals surface area contributed by atoms with Gasteiger partial charge in [0.1, 0.15) is 0 Å². The fraction of sp³-hybridized carbons (Fsp3) is 0.0800. The predicted molar refractivity (Wildman–Crippen MR) is 128 cm³/mol. The maximum atomic E-state index is 6.11. The third-order valence-corrected chi connectivity index (χ3v) is 6.44. The van der Waals surface area contributed by atoms with Gasteiger partial charge < -0.3 is 4.57 Å². The summed E-state index contributed by atoms with van der Waals surface area (Å²) in [6.07, 6.45) is 0. The van der Waals surface area contributed by atoms with Gasteiger partial charge >= 0.3 is 0 Å². The Morgan fingerprint density at radius 1 is 0.871 bits per heavy atom. The van der Waals surface area contributed by atoms with E-state index in [-0.39, 0.29) is 0 Å². The summed E-state index contributed by atoms with van der Waals surface area (Å²) >= 11 is 7.76. The Hall–Kier alpha value is -3.15. The van der Waals surface area contributed by atoms with Crippen LogP contribution in [0.2, 0.25) is 5.02 Å². The lowest BCUT2D eigenvalue weighted by molar-refractivity contribution is 0.794. The highest BCUT2D eigenvalue weighted by molar-refractivity contribution is 7.98. The monoisotopic (exact) mass is 442 g/mol. The van der Waals surface area contributed by atoms with Gasteiger partial charge in [-0.15, -0.1) is 10.2 Å². The number of para-hydroxylation sites is 1. The second-order valence-electron chi connectivity index (χ2n) is 7.22. The van der Waals surface area contributed by atoms with Crippen LogP contribution in [0.15, 0.2) is 90.1 Å². The summed E-state index contributed by atoms with van der Waals surface area (Å²) in [6.45, 7) is 0. The van der Waals surface area contributed by atoms with Crippen molar-refractivity contribution < 1.29 is 0 Å². The fourth-order valence-electron chi connectivity index (χ4n) is 3.57. The van der Waals surface area contributed by atoms with Crippen molar-refractivity contribution in [2.75, 3.05) is 0 Å². The summed E-state index contributed by atoms with van der Waals surface area (Å²) in [5.41, 5.74) is 5.12. The van der Waals surface area contributed by atoms with E-state index in [1.807, 2.05) is 66.2 Å². The van der Waals surface area contributed by atoms with Gasteiger partial charge in [-0.3, -0.25) is 0 Å². The van der Waals surface area contributed by atoms with Gasteiger partial charge in [0.25, 0.3) is 0 Å². The van der Waals surface area contributed by atoms with Gasteiger partial charge in [-0.05, 0) is 29.8 Å². The van der Waals surface area contributed by atoms with Gasteiger partial charge in [-0.1, -0.05) is 84.0 Å². The molecule has 31 heavy (non-hydrogen) atoms. The molecule has 0 aliphatic heterocycles. The van der Waals surface area contributed by atoms with Crippen LogP contribution >= 0.6 is 23.4 Å². The molecule has 0 atom stereocenters. The first-order valence-electron chi connectivity index (χ1n) is 9.91. The summed E-state index contributed by atoms with van der Waals surface area (Å²) in [5.74, 6) is 1.60. The zero-order chi connectivity index (χ0) is 21.2. The average molecular weight is 443 g/mol. The van der Waals surface area contributed by atoms with Crippen molar-refractivity contribution in [3.63, 3.8) is 0 Å². The summed E-state index contributed by atoms with van der Waals surface area (Å²) in [7, 11) is 2.01. The third-order valence-electron chi connectivity index (χ3n) is 5.12. The van der Waals surface area contributed by atoms with E-state index in [2.05, 4.69) is 40.5 Å². The molecule has 4 nitrogen and oxygen atoms in total. The van der Waals surface area contributed by atoms with E-state index in [1.165, 1.54) is 0 Å². The SMILES string of the molecule is Cn1c(SCc2cccc(Cl)c2)nnc1-c1cc(-c2ccccc2)nc2ccccc12. The van der Waals surface area contributed by atoms with Crippen LogP contribution < -0.4 is 0 Å². The minimum atomic E-state index is 0.744. The number of fused-ring (bicyclic) bond motifs is 1. The summed E-state index contributed by atoms with van der Waals surface area (Å²) in [4.78, 5) is 4.88. The van der Waals surface area contributed by atoms with Crippen molar-refractivity contribution in [3.05, 3.63) is 95.5 Å². The predicted octanol–water partition coefficient (Wildman–Crippen LogP) is 6.64. The molecule has 5 rings (SSSR count). The fourth-order valence-corrected chi connectivity index (χ4v) is 4.63. The molecule has 2 aromatic heterocycles. The van der Waals surface area contributed by atoms with E-state index in [9.17, 15) is 0 Å². The molecule has 0 aliphatic rings. The number of nitrogens with zero attached hydrogens (tertiary/aromatic N) is 4. The first kappa shape index (κ1) is 19.8. The number of rotatable bonds is 5. The number of hydrogen-bond acceptors (Lipinski definition) is 4. The molecule has 0 N–H and O–H groups in total. The third kappa shape index (κ3) is 4.07. The second kappa shape index (κ2) is 8.53. The van der Waals surface area contributed by atoms with Crippen LogP contribution in [0.3, 0.4) is 0 Å². The zero-order valence-electron chi connectivity index (χ0n) is 16.9. The number of halogens is 1. The zero-order valence-corrected chi connectivity index (χ0v) is 18.4. The lowest BCUT2D eigenvalue weighted by atomic mass is 10.0. The molecule has 0 radical (unpaired) electrons. The van der Waals surface area contributed by atoms with Gasteiger partial charge in [-0.25, -0.2) is 4.98 Å². The van der Waals surface area contributed by atoms with Crippen molar-refractivity contribution in [2.45, 2.75) is 10.9 Å². The smallest absolute Gasteiger partial charge is 0.191 e. The molecule has 5 aromatic rings. The molecule has 6 heteroatoms. The molecule has 0 amide bonds. The number of pyridine rings is 1. The normalized spacial score (nSPS) is 11.2. The van der Waals surface area contributed by atoms with Crippen LogP contribution in [0.4, 0.5) is 0 Å². The Bertz CT molecular complexity index is 1360. The van der Waals surface area contributed by atoms with Crippen molar-refractivity contribution in [3.8, 4) is 22.6 Å². The highest BCUT2D eigenvalue weighted by Gasteiger charge is 2.16. The molecule has 0 saturated heterocycles. The number of aromatic nitrogens is 4. The number of benzene rings is 3. The molecule has 3 aromatic carbocycles. The first-order valence-corrected chi connectivity index (χ1v) is 11.3. The Morgan fingerprint density at radius 3 is 2.52 bits per heavy atom. The van der Waals surface area contributed by atoms with Crippen LogP contribution in [0.5, 0.6) is 0 Å².